The van der Waals surface area contributed by atoms with Crippen molar-refractivity contribution in [3.05, 3.63) is 69.8 Å². The Bertz CT molecular complexity index is 934. The van der Waals surface area contributed by atoms with Crippen molar-refractivity contribution in [2.45, 2.75) is 19.8 Å². The van der Waals surface area contributed by atoms with Crippen LogP contribution in [0.3, 0.4) is 0 Å². The molecule has 3 N–H and O–H groups in total. The molecule has 0 spiro atoms. The molecule has 6 nitrogen and oxygen atoms in total. The smallest absolute Gasteiger partial charge is 0.247 e. The summed E-state index contributed by atoms with van der Waals surface area (Å²) < 4.78 is 0. The van der Waals surface area contributed by atoms with E-state index in [1.54, 1.807) is 31.1 Å². The summed E-state index contributed by atoms with van der Waals surface area (Å²) in [7, 11) is 1.77. The lowest BCUT2D eigenvalue weighted by Gasteiger charge is -2.30. The van der Waals surface area contributed by atoms with Crippen LogP contribution in [0, 0.1) is 0 Å². The summed E-state index contributed by atoms with van der Waals surface area (Å²) in [6.45, 7) is 2.79. The molecule has 0 saturated carbocycles. The second-order valence-corrected chi connectivity index (χ2v) is 6.68. The van der Waals surface area contributed by atoms with E-state index in [4.69, 9.17) is 5.73 Å². The van der Waals surface area contributed by atoms with Crippen LogP contribution in [-0.2, 0) is 11.2 Å². The fraction of sp³-hybridized carbons (Fsp3) is 0.286. The van der Waals surface area contributed by atoms with Gasteiger partial charge in [-0.3, -0.25) is 14.6 Å². The minimum atomic E-state index is -0.116. The number of nitrogens with one attached hydrogen (secondary N) is 1. The van der Waals surface area contributed by atoms with Gasteiger partial charge in [0.05, 0.1) is 0 Å². The van der Waals surface area contributed by atoms with Gasteiger partial charge in [-0.05, 0) is 22.8 Å². The monoisotopic (exact) mass is 364 g/mol. The average molecular weight is 364 g/mol. The van der Waals surface area contributed by atoms with Gasteiger partial charge in [0.15, 0.2) is 0 Å². The maximum absolute atomic E-state index is 11.7. The van der Waals surface area contributed by atoms with Crippen LogP contribution >= 0.6 is 0 Å². The van der Waals surface area contributed by atoms with Crippen molar-refractivity contribution in [2.75, 3.05) is 20.1 Å². The number of amides is 1. The highest BCUT2D eigenvalue weighted by Crippen LogP contribution is 2.21. The lowest BCUT2D eigenvalue weighted by atomic mass is 9.96. The number of aromatic amines is 1. The average Bonchev–Trinajstić information content (AvgIpc) is 2.68. The zero-order valence-electron chi connectivity index (χ0n) is 15.7. The standard InChI is InChI=1S/C21H24N4O2/c1-14(26)25-10-9-20(23-2)18(13-25)19(22)11-15-3-5-16(6-4-15)17-7-8-21(27)24-12-17/h3-8,12H,9-11,13,22H2,1-2H3,(H,24,27). The molecule has 2 aromatic rings. The first kappa shape index (κ1) is 18.6. The first-order chi connectivity index (χ1) is 13.0. The van der Waals surface area contributed by atoms with Crippen molar-refractivity contribution in [3.63, 3.8) is 0 Å². The van der Waals surface area contributed by atoms with Gasteiger partial charge in [0, 0.05) is 69.1 Å². The number of rotatable bonds is 3. The molecule has 0 atom stereocenters. The molecule has 3 rings (SSSR count). The molecule has 1 fully saturated rings. The molecule has 2 heterocycles. The summed E-state index contributed by atoms with van der Waals surface area (Å²) in [6.07, 6.45) is 3.04. The number of carbonyl (C=O) groups is 1. The van der Waals surface area contributed by atoms with E-state index in [1.807, 2.05) is 24.3 Å². The van der Waals surface area contributed by atoms with Crippen molar-refractivity contribution < 1.29 is 4.79 Å². The molecule has 1 aromatic heterocycles. The van der Waals surface area contributed by atoms with E-state index >= 15 is 0 Å². The van der Waals surface area contributed by atoms with Gasteiger partial charge < -0.3 is 15.6 Å². The zero-order chi connectivity index (χ0) is 19.4. The zero-order valence-corrected chi connectivity index (χ0v) is 15.7. The van der Waals surface area contributed by atoms with Crippen LogP contribution in [0.1, 0.15) is 18.9 Å². The van der Waals surface area contributed by atoms with Crippen LogP contribution in [0.15, 0.2) is 63.7 Å². The predicted molar refractivity (Wildman–Crippen MR) is 108 cm³/mol. The Morgan fingerprint density at radius 1 is 1.19 bits per heavy atom. The molecule has 6 heteroatoms. The minimum Gasteiger partial charge on any atom is -0.401 e. The second-order valence-electron chi connectivity index (χ2n) is 6.68. The fourth-order valence-corrected chi connectivity index (χ4v) is 3.29. The molecule has 140 valence electrons. The normalized spacial score (nSPS) is 17.9. The number of aromatic nitrogens is 1. The summed E-state index contributed by atoms with van der Waals surface area (Å²) in [5.74, 6) is 0.0562. The summed E-state index contributed by atoms with van der Waals surface area (Å²) >= 11 is 0. The lowest BCUT2D eigenvalue weighted by molar-refractivity contribution is -0.128. The highest BCUT2D eigenvalue weighted by Gasteiger charge is 2.23. The molecule has 0 aliphatic carbocycles. The number of carbonyl (C=O) groups excluding carboxylic acids is 1. The summed E-state index contributed by atoms with van der Waals surface area (Å²) in [5.41, 5.74) is 12.0. The topological polar surface area (TPSA) is 91.5 Å². The third kappa shape index (κ3) is 4.34. The van der Waals surface area contributed by atoms with Gasteiger partial charge in [-0.15, -0.1) is 0 Å². The van der Waals surface area contributed by atoms with Gasteiger partial charge in [0.1, 0.15) is 0 Å². The molecule has 1 aliphatic heterocycles. The van der Waals surface area contributed by atoms with Crippen LogP contribution in [0.2, 0.25) is 0 Å². The third-order valence-electron chi connectivity index (χ3n) is 4.88. The Morgan fingerprint density at radius 3 is 2.48 bits per heavy atom. The number of piperidine rings is 1. The van der Waals surface area contributed by atoms with Crippen LogP contribution in [0.5, 0.6) is 0 Å². The Kier molecular flexibility index (Phi) is 5.54. The van der Waals surface area contributed by atoms with Crippen molar-refractivity contribution in [1.29, 1.82) is 0 Å². The van der Waals surface area contributed by atoms with Crippen molar-refractivity contribution in [3.8, 4) is 11.1 Å². The number of benzene rings is 1. The minimum absolute atomic E-state index is 0.0562. The van der Waals surface area contributed by atoms with Crippen LogP contribution in [0.4, 0.5) is 0 Å². The maximum atomic E-state index is 11.7. The SMILES string of the molecule is CN=C1CCN(C(C)=O)CC1=C(N)Cc1ccc(-c2ccc(=O)[nH]c2)cc1. The summed E-state index contributed by atoms with van der Waals surface area (Å²) in [6, 6.07) is 11.4. The van der Waals surface area contributed by atoms with Gasteiger partial charge in [-0.1, -0.05) is 24.3 Å². The molecule has 1 amide bonds. The predicted octanol–water partition coefficient (Wildman–Crippen LogP) is 2.12. The molecule has 1 aliphatic rings. The largest absolute Gasteiger partial charge is 0.401 e. The van der Waals surface area contributed by atoms with E-state index in [-0.39, 0.29) is 11.5 Å². The number of allylic oxidation sites excluding steroid dienone is 1. The molecule has 1 aromatic carbocycles. The maximum Gasteiger partial charge on any atom is 0.247 e. The number of pyridine rings is 1. The number of aliphatic imine (C=N–C) groups is 1. The molecule has 27 heavy (non-hydrogen) atoms. The molecular formula is C21H24N4O2. The Morgan fingerprint density at radius 2 is 1.89 bits per heavy atom. The number of nitrogens with two attached hydrogens (primary N) is 1. The quantitative estimate of drug-likeness (QED) is 0.874. The lowest BCUT2D eigenvalue weighted by Crippen LogP contribution is -2.40. The van der Waals surface area contributed by atoms with E-state index in [0.29, 0.717) is 19.5 Å². The third-order valence-corrected chi connectivity index (χ3v) is 4.88. The van der Waals surface area contributed by atoms with E-state index < -0.39 is 0 Å². The van der Waals surface area contributed by atoms with Crippen molar-refractivity contribution >= 4 is 11.6 Å². The first-order valence-corrected chi connectivity index (χ1v) is 8.95. The Hall–Kier alpha value is -3.15. The molecule has 0 unspecified atom stereocenters. The van der Waals surface area contributed by atoms with Gasteiger partial charge in [-0.2, -0.15) is 0 Å². The van der Waals surface area contributed by atoms with E-state index in [1.165, 1.54) is 6.07 Å². The highest BCUT2D eigenvalue weighted by atomic mass is 16.2. The first-order valence-electron chi connectivity index (χ1n) is 8.95. The summed E-state index contributed by atoms with van der Waals surface area (Å²) in [4.78, 5) is 31.7. The molecule has 0 radical (unpaired) electrons. The number of nitrogens with zero attached hydrogens (tertiary/aromatic N) is 2. The number of H-pyrrole nitrogens is 1. The van der Waals surface area contributed by atoms with Crippen molar-refractivity contribution in [1.82, 2.24) is 9.88 Å². The van der Waals surface area contributed by atoms with E-state index in [0.717, 1.165) is 40.1 Å². The molecule has 0 bridgehead atoms. The van der Waals surface area contributed by atoms with E-state index in [9.17, 15) is 9.59 Å². The van der Waals surface area contributed by atoms with Gasteiger partial charge in [-0.25, -0.2) is 0 Å². The van der Waals surface area contributed by atoms with Gasteiger partial charge in [0.2, 0.25) is 11.5 Å². The fourth-order valence-electron chi connectivity index (χ4n) is 3.29. The van der Waals surface area contributed by atoms with E-state index in [2.05, 4.69) is 9.98 Å². The van der Waals surface area contributed by atoms with Crippen LogP contribution < -0.4 is 11.3 Å². The highest BCUT2D eigenvalue weighted by molar-refractivity contribution is 6.02. The number of hydrogen-bond acceptors (Lipinski definition) is 4. The van der Waals surface area contributed by atoms with Crippen LogP contribution in [0.25, 0.3) is 11.1 Å². The molecular weight excluding hydrogens is 340 g/mol. The summed E-state index contributed by atoms with van der Waals surface area (Å²) in [5, 5.41) is 0. The van der Waals surface area contributed by atoms with Gasteiger partial charge >= 0.3 is 0 Å². The Balaban J connectivity index is 1.80. The van der Waals surface area contributed by atoms with Crippen LogP contribution in [-0.4, -0.2) is 41.6 Å². The second kappa shape index (κ2) is 8.03. The molecule has 1 saturated heterocycles. The number of likely N-dealkylation sites (tertiary alicyclic amines) is 1. The van der Waals surface area contributed by atoms with Gasteiger partial charge in [0.25, 0.3) is 0 Å². The number of hydrogen-bond donors (Lipinski definition) is 2. The Labute approximate surface area is 158 Å². The van der Waals surface area contributed by atoms with Crippen molar-refractivity contribution in [2.24, 2.45) is 10.7 Å².